The summed E-state index contributed by atoms with van der Waals surface area (Å²) in [6, 6.07) is 7.41. The van der Waals surface area contributed by atoms with Crippen molar-refractivity contribution < 1.29 is 19.1 Å². The molecule has 2 fully saturated rings. The van der Waals surface area contributed by atoms with Crippen molar-refractivity contribution in [3.8, 4) is 11.8 Å². The van der Waals surface area contributed by atoms with E-state index in [1.807, 2.05) is 24.3 Å². The van der Waals surface area contributed by atoms with Gasteiger partial charge in [0, 0.05) is 19.6 Å². The van der Waals surface area contributed by atoms with Gasteiger partial charge in [-0.3, -0.25) is 9.69 Å². The maximum atomic E-state index is 12.9. The Labute approximate surface area is 185 Å². The maximum Gasteiger partial charge on any atom is 0.325 e. The van der Waals surface area contributed by atoms with Gasteiger partial charge in [0.1, 0.15) is 18.4 Å². The zero-order chi connectivity index (χ0) is 21.8. The van der Waals surface area contributed by atoms with E-state index in [1.54, 1.807) is 21.8 Å². The molecule has 3 heterocycles. The van der Waals surface area contributed by atoms with E-state index in [2.05, 4.69) is 9.97 Å². The Morgan fingerprint density at radius 1 is 1.19 bits per heavy atom. The van der Waals surface area contributed by atoms with Crippen molar-refractivity contribution in [3.63, 3.8) is 0 Å². The number of carbonyl (C=O) groups is 2. The number of likely N-dealkylation sites (tertiary alicyclic amines) is 1. The molecule has 0 spiro atoms. The van der Waals surface area contributed by atoms with Crippen LogP contribution in [0.15, 0.2) is 36.7 Å². The SMILES string of the molecule is COc1ccccc1N1CCN(CC(=O)N2CCC[C@@H](Oc3ncc(Cl)cn3)C2)C1=O. The number of halogens is 1. The summed E-state index contributed by atoms with van der Waals surface area (Å²) in [5, 5.41) is 0.435. The Balaban J connectivity index is 1.34. The first-order chi connectivity index (χ1) is 15.0. The molecule has 0 bridgehead atoms. The number of anilines is 1. The summed E-state index contributed by atoms with van der Waals surface area (Å²) in [5.41, 5.74) is 0.708. The molecule has 10 heteroatoms. The van der Waals surface area contributed by atoms with Gasteiger partial charge in [-0.05, 0) is 25.0 Å². The van der Waals surface area contributed by atoms with Crippen molar-refractivity contribution in [2.24, 2.45) is 0 Å². The van der Waals surface area contributed by atoms with Gasteiger partial charge in [0.05, 0.1) is 36.8 Å². The van der Waals surface area contributed by atoms with E-state index in [4.69, 9.17) is 21.1 Å². The maximum absolute atomic E-state index is 12.9. The summed E-state index contributed by atoms with van der Waals surface area (Å²) in [6.07, 6.45) is 4.37. The second kappa shape index (κ2) is 9.38. The number of hydrogen-bond donors (Lipinski definition) is 0. The molecule has 2 aromatic rings. The lowest BCUT2D eigenvalue weighted by molar-refractivity contribution is -0.134. The smallest absolute Gasteiger partial charge is 0.325 e. The predicted molar refractivity (Wildman–Crippen MR) is 115 cm³/mol. The van der Waals surface area contributed by atoms with Crippen LogP contribution in [-0.4, -0.2) is 77.6 Å². The van der Waals surface area contributed by atoms with E-state index in [-0.39, 0.29) is 30.6 Å². The average molecular weight is 446 g/mol. The van der Waals surface area contributed by atoms with Crippen LogP contribution in [0.3, 0.4) is 0 Å². The number of methoxy groups -OCH3 is 1. The molecule has 2 aliphatic rings. The van der Waals surface area contributed by atoms with Crippen LogP contribution in [0.2, 0.25) is 5.02 Å². The highest BCUT2D eigenvalue weighted by atomic mass is 35.5. The fraction of sp³-hybridized carbons (Fsp3) is 0.429. The number of para-hydroxylation sites is 2. The fourth-order valence-electron chi connectivity index (χ4n) is 3.84. The highest BCUT2D eigenvalue weighted by Gasteiger charge is 2.34. The molecule has 0 radical (unpaired) electrons. The van der Waals surface area contributed by atoms with Crippen LogP contribution < -0.4 is 14.4 Å². The van der Waals surface area contributed by atoms with Gasteiger partial charge in [0.15, 0.2) is 0 Å². The third-order valence-corrected chi connectivity index (χ3v) is 5.59. The predicted octanol–water partition coefficient (Wildman–Crippen LogP) is 2.45. The van der Waals surface area contributed by atoms with Gasteiger partial charge in [-0.15, -0.1) is 0 Å². The first-order valence-electron chi connectivity index (χ1n) is 10.2. The fourth-order valence-corrected chi connectivity index (χ4v) is 3.94. The van der Waals surface area contributed by atoms with Crippen molar-refractivity contribution >= 4 is 29.2 Å². The topological polar surface area (TPSA) is 88.1 Å². The van der Waals surface area contributed by atoms with E-state index in [1.165, 1.54) is 12.4 Å². The number of carbonyl (C=O) groups excluding carboxylic acids is 2. The number of rotatable bonds is 6. The average Bonchev–Trinajstić information content (AvgIpc) is 3.15. The van der Waals surface area contributed by atoms with Crippen molar-refractivity contribution in [2.45, 2.75) is 18.9 Å². The highest BCUT2D eigenvalue weighted by molar-refractivity contribution is 6.30. The number of amides is 3. The quantitative estimate of drug-likeness (QED) is 0.678. The Morgan fingerprint density at radius 2 is 1.97 bits per heavy atom. The summed E-state index contributed by atoms with van der Waals surface area (Å²) in [4.78, 5) is 38.8. The summed E-state index contributed by atoms with van der Waals surface area (Å²) < 4.78 is 11.2. The minimum absolute atomic E-state index is 0.0364. The molecule has 3 amide bonds. The molecule has 4 rings (SSSR count). The van der Waals surface area contributed by atoms with Crippen LogP contribution in [0.4, 0.5) is 10.5 Å². The molecule has 9 nitrogen and oxygen atoms in total. The summed E-state index contributed by atoms with van der Waals surface area (Å²) in [7, 11) is 1.57. The van der Waals surface area contributed by atoms with Gasteiger partial charge in [0.2, 0.25) is 5.91 Å². The first kappa shape index (κ1) is 21.2. The largest absolute Gasteiger partial charge is 0.495 e. The number of benzene rings is 1. The molecule has 0 unspecified atom stereocenters. The van der Waals surface area contributed by atoms with Crippen LogP contribution in [0, 0.1) is 0 Å². The van der Waals surface area contributed by atoms with Gasteiger partial charge in [-0.2, -0.15) is 0 Å². The summed E-state index contributed by atoms with van der Waals surface area (Å²) >= 11 is 5.80. The van der Waals surface area contributed by atoms with Crippen LogP contribution in [-0.2, 0) is 4.79 Å². The van der Waals surface area contributed by atoms with E-state index in [0.717, 1.165) is 12.8 Å². The van der Waals surface area contributed by atoms with E-state index >= 15 is 0 Å². The number of piperidine rings is 1. The Kier molecular flexibility index (Phi) is 6.41. The standard InChI is InChI=1S/C21H24ClN5O4/c1-30-18-7-3-2-6-17(18)27-10-9-26(21(27)29)14-19(28)25-8-4-5-16(13-25)31-20-23-11-15(22)12-24-20/h2-3,6-7,11-12,16H,4-5,8-10,13-14H2,1H3/t16-/m1/s1. The van der Waals surface area contributed by atoms with Crippen LogP contribution >= 0.6 is 11.6 Å². The zero-order valence-electron chi connectivity index (χ0n) is 17.2. The highest BCUT2D eigenvalue weighted by Crippen LogP contribution is 2.30. The lowest BCUT2D eigenvalue weighted by Gasteiger charge is -2.33. The molecule has 2 saturated heterocycles. The van der Waals surface area contributed by atoms with E-state index < -0.39 is 0 Å². The molecule has 164 valence electrons. The minimum Gasteiger partial charge on any atom is -0.495 e. The number of ether oxygens (including phenoxy) is 2. The minimum atomic E-state index is -0.197. The van der Waals surface area contributed by atoms with Crippen molar-refractivity contribution in [1.29, 1.82) is 0 Å². The molecule has 0 aliphatic carbocycles. The Bertz CT molecular complexity index is 942. The van der Waals surface area contributed by atoms with Crippen molar-refractivity contribution in [2.75, 3.05) is 44.7 Å². The molecule has 2 aliphatic heterocycles. The lowest BCUT2D eigenvalue weighted by atomic mass is 10.1. The summed E-state index contributed by atoms with van der Waals surface area (Å²) in [5.74, 6) is 0.532. The molecule has 0 saturated carbocycles. The third kappa shape index (κ3) is 4.82. The molecular formula is C21H24ClN5O4. The lowest BCUT2D eigenvalue weighted by Crippen LogP contribution is -2.48. The Hall–Kier alpha value is -3.07. The number of hydrogen-bond acceptors (Lipinski definition) is 6. The number of urea groups is 1. The zero-order valence-corrected chi connectivity index (χ0v) is 18.0. The van der Waals surface area contributed by atoms with Crippen LogP contribution in [0.5, 0.6) is 11.8 Å². The monoisotopic (exact) mass is 445 g/mol. The molecule has 1 atom stereocenters. The number of nitrogens with zero attached hydrogens (tertiary/aromatic N) is 5. The molecule has 1 aromatic heterocycles. The van der Waals surface area contributed by atoms with Gasteiger partial charge >= 0.3 is 12.0 Å². The van der Waals surface area contributed by atoms with E-state index in [0.29, 0.717) is 42.6 Å². The molecular weight excluding hydrogens is 422 g/mol. The van der Waals surface area contributed by atoms with Gasteiger partial charge in [0.25, 0.3) is 0 Å². The second-order valence-electron chi connectivity index (χ2n) is 7.43. The van der Waals surface area contributed by atoms with Crippen molar-refractivity contribution in [1.82, 2.24) is 19.8 Å². The molecule has 0 N–H and O–H groups in total. The van der Waals surface area contributed by atoms with Gasteiger partial charge < -0.3 is 19.3 Å². The summed E-state index contributed by atoms with van der Waals surface area (Å²) in [6.45, 7) is 2.09. The molecule has 31 heavy (non-hydrogen) atoms. The number of aromatic nitrogens is 2. The van der Waals surface area contributed by atoms with Gasteiger partial charge in [-0.1, -0.05) is 23.7 Å². The third-order valence-electron chi connectivity index (χ3n) is 5.40. The van der Waals surface area contributed by atoms with Crippen LogP contribution in [0.1, 0.15) is 12.8 Å². The first-order valence-corrected chi connectivity index (χ1v) is 10.5. The van der Waals surface area contributed by atoms with Crippen molar-refractivity contribution in [3.05, 3.63) is 41.7 Å². The van der Waals surface area contributed by atoms with Crippen LogP contribution in [0.25, 0.3) is 0 Å². The Morgan fingerprint density at radius 3 is 2.74 bits per heavy atom. The van der Waals surface area contributed by atoms with E-state index in [9.17, 15) is 9.59 Å². The normalized spacial score (nSPS) is 19.0. The van der Waals surface area contributed by atoms with Gasteiger partial charge in [-0.25, -0.2) is 14.8 Å². The second-order valence-corrected chi connectivity index (χ2v) is 7.87. The molecule has 1 aromatic carbocycles.